The van der Waals surface area contributed by atoms with Crippen molar-refractivity contribution in [2.45, 2.75) is 44.2 Å². The maximum Gasteiger partial charge on any atom is 0.237 e. The summed E-state index contributed by atoms with van der Waals surface area (Å²) < 4.78 is 2.46. The molecule has 2 aromatic heterocycles. The minimum Gasteiger partial charge on any atom is -0.329 e. The Morgan fingerprint density at radius 3 is 2.55 bits per heavy atom. The SMILES string of the molecule is Cc1cc(C)c(Nc2nnc(S[C@@H](C)C(=O)Nc3c(C)nn(C)c3C)s2)c(Cl)c1. The second kappa shape index (κ2) is 8.73. The second-order valence-corrected chi connectivity index (χ2v) is 9.83. The molecule has 0 aliphatic heterocycles. The van der Waals surface area contributed by atoms with Crippen LogP contribution in [0, 0.1) is 27.7 Å². The summed E-state index contributed by atoms with van der Waals surface area (Å²) in [6.45, 7) is 9.64. The number of amides is 1. The van der Waals surface area contributed by atoms with Crippen LogP contribution in [0.5, 0.6) is 0 Å². The van der Waals surface area contributed by atoms with Crippen LogP contribution in [0.2, 0.25) is 5.02 Å². The Bertz CT molecular complexity index is 1040. The summed E-state index contributed by atoms with van der Waals surface area (Å²) in [5.74, 6) is -0.101. The lowest BCUT2D eigenvalue weighted by atomic mass is 10.1. The fraction of sp³-hybridized carbons (Fsp3) is 0.368. The molecule has 2 heterocycles. The van der Waals surface area contributed by atoms with Gasteiger partial charge in [-0.3, -0.25) is 9.48 Å². The summed E-state index contributed by atoms with van der Waals surface area (Å²) in [5, 5.41) is 19.8. The van der Waals surface area contributed by atoms with Gasteiger partial charge >= 0.3 is 0 Å². The number of anilines is 3. The molecule has 7 nitrogen and oxygen atoms in total. The molecule has 10 heteroatoms. The van der Waals surface area contributed by atoms with Crippen molar-refractivity contribution in [2.24, 2.45) is 7.05 Å². The molecule has 0 aliphatic rings. The van der Waals surface area contributed by atoms with Crippen molar-refractivity contribution < 1.29 is 4.79 Å². The van der Waals surface area contributed by atoms with E-state index < -0.39 is 0 Å². The van der Waals surface area contributed by atoms with E-state index in [0.717, 1.165) is 33.9 Å². The van der Waals surface area contributed by atoms with Crippen LogP contribution in [0.15, 0.2) is 16.5 Å². The molecule has 0 saturated heterocycles. The van der Waals surface area contributed by atoms with Crippen LogP contribution in [-0.4, -0.2) is 31.1 Å². The molecule has 154 valence electrons. The third kappa shape index (κ3) is 4.91. The number of hydrogen-bond acceptors (Lipinski definition) is 7. The van der Waals surface area contributed by atoms with Gasteiger partial charge in [-0.15, -0.1) is 10.2 Å². The highest BCUT2D eigenvalue weighted by Crippen LogP contribution is 2.34. The fourth-order valence-electron chi connectivity index (χ4n) is 2.87. The van der Waals surface area contributed by atoms with Gasteiger partial charge in [0.1, 0.15) is 0 Å². The zero-order chi connectivity index (χ0) is 21.3. The standard InChI is InChI=1S/C19H23ClN6OS2/c1-9-7-10(2)15(14(20)8-9)22-18-23-24-19(29-18)28-13(5)17(27)21-16-11(3)25-26(6)12(16)4/h7-8,13H,1-6H3,(H,21,27)(H,22,23)/t13-/m0/s1. The lowest BCUT2D eigenvalue weighted by Gasteiger charge is -2.11. The topological polar surface area (TPSA) is 84.7 Å². The summed E-state index contributed by atoms with van der Waals surface area (Å²) in [7, 11) is 1.86. The van der Waals surface area contributed by atoms with Crippen LogP contribution in [0.4, 0.5) is 16.5 Å². The summed E-state index contributed by atoms with van der Waals surface area (Å²) in [6, 6.07) is 3.96. The number of carbonyl (C=O) groups is 1. The number of hydrogen-bond donors (Lipinski definition) is 2. The second-order valence-electron chi connectivity index (χ2n) is 6.86. The van der Waals surface area contributed by atoms with E-state index in [0.29, 0.717) is 14.5 Å². The largest absolute Gasteiger partial charge is 0.329 e. The molecule has 3 aromatic rings. The number of thioether (sulfide) groups is 1. The first-order valence-electron chi connectivity index (χ1n) is 9.00. The maximum absolute atomic E-state index is 12.6. The van der Waals surface area contributed by atoms with Gasteiger partial charge in [-0.25, -0.2) is 0 Å². The summed E-state index contributed by atoms with van der Waals surface area (Å²) in [4.78, 5) is 12.6. The van der Waals surface area contributed by atoms with Gasteiger partial charge in [-0.05, 0) is 51.8 Å². The van der Waals surface area contributed by atoms with Gasteiger partial charge < -0.3 is 10.6 Å². The number of nitrogens with zero attached hydrogens (tertiary/aromatic N) is 4. The molecule has 1 atom stereocenters. The van der Waals surface area contributed by atoms with E-state index in [1.165, 1.54) is 23.1 Å². The van der Waals surface area contributed by atoms with Gasteiger partial charge in [-0.2, -0.15) is 5.10 Å². The van der Waals surface area contributed by atoms with Crippen LogP contribution < -0.4 is 10.6 Å². The molecule has 29 heavy (non-hydrogen) atoms. The molecule has 0 radical (unpaired) electrons. The Morgan fingerprint density at radius 2 is 1.93 bits per heavy atom. The van der Waals surface area contributed by atoms with Gasteiger partial charge in [0.2, 0.25) is 11.0 Å². The number of benzene rings is 1. The Kier molecular flexibility index (Phi) is 6.50. The van der Waals surface area contributed by atoms with Gasteiger partial charge in [-0.1, -0.05) is 40.8 Å². The summed E-state index contributed by atoms with van der Waals surface area (Å²) in [6.07, 6.45) is 0. The highest BCUT2D eigenvalue weighted by Gasteiger charge is 2.20. The third-order valence-electron chi connectivity index (χ3n) is 4.47. The zero-order valence-electron chi connectivity index (χ0n) is 17.1. The third-order valence-corrected chi connectivity index (χ3v) is 6.80. The monoisotopic (exact) mass is 450 g/mol. The van der Waals surface area contributed by atoms with E-state index in [1.807, 2.05) is 47.7 Å². The van der Waals surface area contributed by atoms with Crippen LogP contribution in [0.3, 0.4) is 0 Å². The molecule has 3 rings (SSSR count). The van der Waals surface area contributed by atoms with Crippen molar-refractivity contribution in [3.05, 3.63) is 39.7 Å². The Balaban J connectivity index is 1.66. The van der Waals surface area contributed by atoms with E-state index in [9.17, 15) is 4.79 Å². The average molecular weight is 451 g/mol. The summed E-state index contributed by atoms with van der Waals surface area (Å²) >= 11 is 9.10. The van der Waals surface area contributed by atoms with Crippen molar-refractivity contribution in [1.29, 1.82) is 0 Å². The number of halogens is 1. The molecular weight excluding hydrogens is 428 g/mol. The van der Waals surface area contributed by atoms with Crippen molar-refractivity contribution in [3.8, 4) is 0 Å². The maximum atomic E-state index is 12.6. The van der Waals surface area contributed by atoms with E-state index in [-0.39, 0.29) is 11.2 Å². The quantitative estimate of drug-likeness (QED) is 0.513. The molecule has 0 fully saturated rings. The Hall–Kier alpha value is -2.10. The number of aromatic nitrogens is 4. The number of nitrogens with one attached hydrogen (secondary N) is 2. The van der Waals surface area contributed by atoms with Gasteiger partial charge in [0.15, 0.2) is 4.34 Å². The highest BCUT2D eigenvalue weighted by atomic mass is 35.5. The minimum absolute atomic E-state index is 0.101. The first-order chi connectivity index (χ1) is 13.7. The number of carbonyl (C=O) groups excluding carboxylic acids is 1. The van der Waals surface area contributed by atoms with E-state index in [1.54, 1.807) is 4.68 Å². The Labute approximate surface area is 183 Å². The Morgan fingerprint density at radius 1 is 1.21 bits per heavy atom. The zero-order valence-corrected chi connectivity index (χ0v) is 19.5. The van der Waals surface area contributed by atoms with Crippen LogP contribution in [-0.2, 0) is 11.8 Å². The van der Waals surface area contributed by atoms with Crippen molar-refractivity contribution in [2.75, 3.05) is 10.6 Å². The summed E-state index contributed by atoms with van der Waals surface area (Å²) in [5.41, 5.74) is 5.43. The molecular formula is C19H23ClN6OS2. The molecule has 0 aliphatic carbocycles. The smallest absolute Gasteiger partial charge is 0.237 e. The van der Waals surface area contributed by atoms with Gasteiger partial charge in [0, 0.05) is 7.05 Å². The molecule has 0 saturated carbocycles. The predicted octanol–water partition coefficient (Wildman–Crippen LogP) is 5.02. The number of aryl methyl sites for hydroxylation is 4. The first kappa shape index (κ1) is 21.6. The average Bonchev–Trinajstić information content (AvgIpc) is 3.17. The molecule has 0 unspecified atom stereocenters. The lowest BCUT2D eigenvalue weighted by molar-refractivity contribution is -0.115. The molecule has 0 spiro atoms. The molecule has 1 aromatic carbocycles. The van der Waals surface area contributed by atoms with Gasteiger partial charge in [0.05, 0.1) is 33.0 Å². The molecule has 0 bridgehead atoms. The fourth-order valence-corrected chi connectivity index (χ4v) is 5.14. The normalized spacial score (nSPS) is 12.1. The van der Waals surface area contributed by atoms with Gasteiger partial charge in [0.25, 0.3) is 0 Å². The van der Waals surface area contributed by atoms with Crippen LogP contribution in [0.25, 0.3) is 0 Å². The van der Waals surface area contributed by atoms with Crippen LogP contribution >= 0.6 is 34.7 Å². The minimum atomic E-state index is -0.334. The van der Waals surface area contributed by atoms with Crippen molar-refractivity contribution >= 4 is 57.1 Å². The first-order valence-corrected chi connectivity index (χ1v) is 11.1. The van der Waals surface area contributed by atoms with E-state index in [4.69, 9.17) is 11.6 Å². The van der Waals surface area contributed by atoms with Crippen molar-refractivity contribution in [1.82, 2.24) is 20.0 Å². The van der Waals surface area contributed by atoms with E-state index >= 15 is 0 Å². The highest BCUT2D eigenvalue weighted by molar-refractivity contribution is 8.02. The number of rotatable bonds is 6. The van der Waals surface area contributed by atoms with Crippen molar-refractivity contribution in [3.63, 3.8) is 0 Å². The van der Waals surface area contributed by atoms with E-state index in [2.05, 4.69) is 32.0 Å². The predicted molar refractivity (Wildman–Crippen MR) is 121 cm³/mol. The lowest BCUT2D eigenvalue weighted by Crippen LogP contribution is -2.23. The molecule has 1 amide bonds. The molecule has 2 N–H and O–H groups in total. The van der Waals surface area contributed by atoms with Crippen LogP contribution in [0.1, 0.15) is 29.4 Å².